The van der Waals surface area contributed by atoms with E-state index in [1.807, 2.05) is 6.07 Å². The standard InChI is InChI=1S/C10H8BrFN2O/c1-6(5-13)14-10(15)7-2-3-8(11)9(12)4-7/h2-4,6H,1H3,(H,14,15). The molecule has 0 spiro atoms. The lowest BCUT2D eigenvalue weighted by molar-refractivity contribution is 0.0947. The van der Waals surface area contributed by atoms with Crippen LogP contribution in [0.15, 0.2) is 22.7 Å². The number of hydrogen-bond acceptors (Lipinski definition) is 2. The molecule has 1 N–H and O–H groups in total. The fourth-order valence-electron chi connectivity index (χ4n) is 0.950. The van der Waals surface area contributed by atoms with Crippen LogP contribution in [0.2, 0.25) is 0 Å². The first-order valence-corrected chi connectivity index (χ1v) is 4.99. The highest BCUT2D eigenvalue weighted by molar-refractivity contribution is 9.10. The summed E-state index contributed by atoms with van der Waals surface area (Å²) in [7, 11) is 0. The fraction of sp³-hybridized carbons (Fsp3) is 0.200. The molecule has 3 nitrogen and oxygen atoms in total. The van der Waals surface area contributed by atoms with Crippen molar-refractivity contribution in [2.75, 3.05) is 0 Å². The molecule has 0 aromatic heterocycles. The van der Waals surface area contributed by atoms with Gasteiger partial charge in [0.05, 0.1) is 10.5 Å². The summed E-state index contributed by atoms with van der Waals surface area (Å²) in [5.41, 5.74) is 0.192. The molecule has 0 bridgehead atoms. The van der Waals surface area contributed by atoms with Gasteiger partial charge in [0, 0.05) is 5.56 Å². The van der Waals surface area contributed by atoms with Crippen molar-refractivity contribution in [2.45, 2.75) is 13.0 Å². The van der Waals surface area contributed by atoms with Crippen LogP contribution in [-0.4, -0.2) is 11.9 Å². The molecule has 1 atom stereocenters. The van der Waals surface area contributed by atoms with Crippen molar-refractivity contribution >= 4 is 21.8 Å². The highest BCUT2D eigenvalue weighted by Gasteiger charge is 2.10. The van der Waals surface area contributed by atoms with Crippen LogP contribution in [0.3, 0.4) is 0 Å². The number of carbonyl (C=O) groups excluding carboxylic acids is 1. The molecule has 0 aliphatic heterocycles. The molecule has 5 heteroatoms. The summed E-state index contributed by atoms with van der Waals surface area (Å²) in [5.74, 6) is -0.970. The molecule has 0 aliphatic carbocycles. The Kier molecular flexibility index (Phi) is 3.81. The largest absolute Gasteiger partial charge is 0.337 e. The average Bonchev–Trinajstić information content (AvgIpc) is 2.21. The van der Waals surface area contributed by atoms with E-state index in [9.17, 15) is 9.18 Å². The van der Waals surface area contributed by atoms with Gasteiger partial charge in [0.25, 0.3) is 5.91 Å². The first-order valence-electron chi connectivity index (χ1n) is 4.20. The van der Waals surface area contributed by atoms with Gasteiger partial charge in [0.2, 0.25) is 0 Å². The number of halogens is 2. The van der Waals surface area contributed by atoms with Crippen molar-refractivity contribution in [3.8, 4) is 6.07 Å². The van der Waals surface area contributed by atoms with Crippen molar-refractivity contribution in [1.82, 2.24) is 5.32 Å². The Labute approximate surface area is 95.0 Å². The van der Waals surface area contributed by atoms with E-state index < -0.39 is 17.8 Å². The van der Waals surface area contributed by atoms with E-state index in [4.69, 9.17) is 5.26 Å². The van der Waals surface area contributed by atoms with E-state index in [0.29, 0.717) is 4.47 Å². The number of amides is 1. The van der Waals surface area contributed by atoms with E-state index >= 15 is 0 Å². The van der Waals surface area contributed by atoms with E-state index in [-0.39, 0.29) is 5.56 Å². The third kappa shape index (κ3) is 3.03. The molecule has 0 saturated carbocycles. The highest BCUT2D eigenvalue weighted by atomic mass is 79.9. The average molecular weight is 271 g/mol. The van der Waals surface area contributed by atoms with Crippen LogP contribution in [-0.2, 0) is 0 Å². The van der Waals surface area contributed by atoms with Crippen LogP contribution in [0.1, 0.15) is 17.3 Å². The van der Waals surface area contributed by atoms with Crippen LogP contribution in [0.5, 0.6) is 0 Å². The molecular weight excluding hydrogens is 263 g/mol. The summed E-state index contributed by atoms with van der Waals surface area (Å²) in [6.45, 7) is 1.55. The number of nitrogens with zero attached hydrogens (tertiary/aromatic N) is 1. The molecule has 0 radical (unpaired) electrons. The molecule has 15 heavy (non-hydrogen) atoms. The summed E-state index contributed by atoms with van der Waals surface area (Å²) in [6, 6.07) is 5.30. The predicted molar refractivity (Wildman–Crippen MR) is 56.6 cm³/mol. The van der Waals surface area contributed by atoms with Gasteiger partial charge in [-0.1, -0.05) is 0 Å². The maximum absolute atomic E-state index is 13.1. The molecule has 0 aliphatic rings. The van der Waals surface area contributed by atoms with E-state index in [1.165, 1.54) is 12.1 Å². The minimum absolute atomic E-state index is 0.192. The Hall–Kier alpha value is -1.41. The van der Waals surface area contributed by atoms with Crippen LogP contribution in [0.25, 0.3) is 0 Å². The van der Waals surface area contributed by atoms with Crippen molar-refractivity contribution in [2.24, 2.45) is 0 Å². The fourth-order valence-corrected chi connectivity index (χ4v) is 1.20. The van der Waals surface area contributed by atoms with Gasteiger partial charge in [-0.25, -0.2) is 4.39 Å². The lowest BCUT2D eigenvalue weighted by Crippen LogP contribution is -2.31. The molecule has 0 fully saturated rings. The summed E-state index contributed by atoms with van der Waals surface area (Å²) < 4.78 is 13.4. The molecule has 1 aromatic rings. The van der Waals surface area contributed by atoms with E-state index in [1.54, 1.807) is 6.92 Å². The van der Waals surface area contributed by atoms with Crippen molar-refractivity contribution in [1.29, 1.82) is 5.26 Å². The monoisotopic (exact) mass is 270 g/mol. The van der Waals surface area contributed by atoms with Gasteiger partial charge in [-0.2, -0.15) is 5.26 Å². The number of nitriles is 1. The van der Waals surface area contributed by atoms with E-state index in [0.717, 1.165) is 6.07 Å². The SMILES string of the molecule is CC(C#N)NC(=O)c1ccc(Br)c(F)c1. The number of carbonyl (C=O) groups is 1. The quantitative estimate of drug-likeness (QED) is 0.896. The summed E-state index contributed by atoms with van der Waals surface area (Å²) in [5, 5.41) is 10.9. The molecule has 1 aromatic carbocycles. The topological polar surface area (TPSA) is 52.9 Å². The van der Waals surface area contributed by atoms with Crippen LogP contribution in [0.4, 0.5) is 4.39 Å². The smallest absolute Gasteiger partial charge is 0.252 e. The molecule has 78 valence electrons. The second-order valence-electron chi connectivity index (χ2n) is 2.95. The van der Waals surface area contributed by atoms with Crippen LogP contribution in [0, 0.1) is 17.1 Å². The third-order valence-corrected chi connectivity index (χ3v) is 2.37. The summed E-state index contributed by atoms with van der Waals surface area (Å²) in [4.78, 5) is 11.4. The maximum atomic E-state index is 13.1. The molecule has 1 rings (SSSR count). The first kappa shape index (κ1) is 11.7. The number of hydrogen-bond donors (Lipinski definition) is 1. The Morgan fingerprint density at radius 3 is 2.87 bits per heavy atom. The Morgan fingerprint density at radius 1 is 1.67 bits per heavy atom. The summed E-state index contributed by atoms with van der Waals surface area (Å²) in [6.07, 6.45) is 0. The molecule has 0 heterocycles. The van der Waals surface area contributed by atoms with Gasteiger partial charge in [0.15, 0.2) is 0 Å². The number of rotatable bonds is 2. The van der Waals surface area contributed by atoms with Crippen LogP contribution < -0.4 is 5.32 Å². The van der Waals surface area contributed by atoms with Crippen LogP contribution >= 0.6 is 15.9 Å². The number of nitrogens with one attached hydrogen (secondary N) is 1. The van der Waals surface area contributed by atoms with Crippen molar-refractivity contribution < 1.29 is 9.18 Å². The predicted octanol–water partition coefficient (Wildman–Crippen LogP) is 2.23. The highest BCUT2D eigenvalue weighted by Crippen LogP contribution is 2.16. The van der Waals surface area contributed by atoms with Crippen molar-refractivity contribution in [3.05, 3.63) is 34.1 Å². The zero-order chi connectivity index (χ0) is 11.4. The molecular formula is C10H8BrFN2O. The van der Waals surface area contributed by atoms with E-state index in [2.05, 4.69) is 21.2 Å². The lowest BCUT2D eigenvalue weighted by Gasteiger charge is -2.06. The Balaban J connectivity index is 2.84. The Morgan fingerprint density at radius 2 is 2.33 bits per heavy atom. The molecule has 0 saturated heterocycles. The van der Waals surface area contributed by atoms with Gasteiger partial charge in [0.1, 0.15) is 11.9 Å². The Bertz CT molecular complexity index is 428. The van der Waals surface area contributed by atoms with Gasteiger partial charge >= 0.3 is 0 Å². The van der Waals surface area contributed by atoms with Gasteiger partial charge in [-0.15, -0.1) is 0 Å². The van der Waals surface area contributed by atoms with Gasteiger partial charge in [-0.05, 0) is 41.1 Å². The minimum atomic E-state index is -0.593. The van der Waals surface area contributed by atoms with Crippen molar-refractivity contribution in [3.63, 3.8) is 0 Å². The molecule has 1 unspecified atom stereocenters. The third-order valence-electron chi connectivity index (χ3n) is 1.72. The lowest BCUT2D eigenvalue weighted by atomic mass is 10.2. The summed E-state index contributed by atoms with van der Waals surface area (Å²) >= 11 is 2.98. The maximum Gasteiger partial charge on any atom is 0.252 e. The zero-order valence-corrected chi connectivity index (χ0v) is 9.51. The molecule has 1 amide bonds. The van der Waals surface area contributed by atoms with Gasteiger partial charge in [-0.3, -0.25) is 4.79 Å². The minimum Gasteiger partial charge on any atom is -0.337 e. The van der Waals surface area contributed by atoms with Gasteiger partial charge < -0.3 is 5.32 Å². The number of benzene rings is 1. The first-order chi connectivity index (χ1) is 7.04. The normalized spacial score (nSPS) is 11.6. The zero-order valence-electron chi connectivity index (χ0n) is 7.92. The second kappa shape index (κ2) is 4.89. The second-order valence-corrected chi connectivity index (χ2v) is 3.81.